The number of aromatic nitrogens is 4. The second-order valence-electron chi connectivity index (χ2n) is 5.43. The van der Waals surface area contributed by atoms with Gasteiger partial charge in [-0.2, -0.15) is 9.61 Å². The van der Waals surface area contributed by atoms with E-state index in [0.717, 1.165) is 27.9 Å². The Balaban J connectivity index is 1.49. The van der Waals surface area contributed by atoms with Gasteiger partial charge < -0.3 is 9.47 Å². The molecule has 0 radical (unpaired) electrons. The van der Waals surface area contributed by atoms with E-state index < -0.39 is 0 Å². The predicted octanol–water partition coefficient (Wildman–Crippen LogP) is 3.36. The van der Waals surface area contributed by atoms with Crippen LogP contribution in [0.1, 0.15) is 16.4 Å². The number of benzene rings is 2. The van der Waals surface area contributed by atoms with Gasteiger partial charge in [-0.05, 0) is 29.8 Å². The molecule has 0 N–H and O–H groups in total. The van der Waals surface area contributed by atoms with E-state index in [0.29, 0.717) is 12.4 Å². The highest BCUT2D eigenvalue weighted by molar-refractivity contribution is 7.16. The van der Waals surface area contributed by atoms with Crippen LogP contribution in [0.25, 0.3) is 4.96 Å². The van der Waals surface area contributed by atoms with E-state index in [1.165, 1.54) is 16.9 Å². The van der Waals surface area contributed by atoms with Crippen molar-refractivity contribution in [1.82, 2.24) is 19.8 Å². The molecule has 0 fully saturated rings. The number of hydrogen-bond acceptors (Lipinski definition) is 6. The van der Waals surface area contributed by atoms with Crippen molar-refractivity contribution in [1.29, 1.82) is 0 Å². The Hall–Kier alpha value is -2.93. The maximum Gasteiger partial charge on any atom is 0.234 e. The average Bonchev–Trinajstić information content (AvgIpc) is 3.22. The van der Waals surface area contributed by atoms with Crippen LogP contribution in [0.15, 0.2) is 54.6 Å². The molecule has 2 aromatic carbocycles. The number of rotatable bonds is 6. The van der Waals surface area contributed by atoms with Gasteiger partial charge in [0.15, 0.2) is 5.82 Å². The van der Waals surface area contributed by atoms with Crippen molar-refractivity contribution < 1.29 is 9.47 Å². The van der Waals surface area contributed by atoms with Crippen LogP contribution in [0, 0.1) is 0 Å². The lowest BCUT2D eigenvalue weighted by Gasteiger charge is -2.03. The van der Waals surface area contributed by atoms with Crippen LogP contribution in [0.4, 0.5) is 0 Å². The molecule has 2 heterocycles. The normalized spacial score (nSPS) is 10.9. The second kappa shape index (κ2) is 6.90. The molecular formula is C18H16N4O2S. The lowest BCUT2D eigenvalue weighted by atomic mass is 10.1. The summed E-state index contributed by atoms with van der Waals surface area (Å²) in [6.45, 7) is 0.330. The summed E-state index contributed by atoms with van der Waals surface area (Å²) in [6.07, 6.45) is 0.747. The molecule has 0 saturated heterocycles. The Kier molecular flexibility index (Phi) is 4.30. The van der Waals surface area contributed by atoms with Crippen LogP contribution >= 0.6 is 11.3 Å². The summed E-state index contributed by atoms with van der Waals surface area (Å²) < 4.78 is 12.7. The first-order valence-electron chi connectivity index (χ1n) is 7.82. The van der Waals surface area contributed by atoms with E-state index in [1.807, 2.05) is 54.6 Å². The van der Waals surface area contributed by atoms with E-state index in [1.54, 1.807) is 11.6 Å². The number of nitrogens with zero attached hydrogens (tertiary/aromatic N) is 4. The van der Waals surface area contributed by atoms with Crippen molar-refractivity contribution in [3.63, 3.8) is 0 Å². The van der Waals surface area contributed by atoms with Gasteiger partial charge in [-0.25, -0.2) is 0 Å². The quantitative estimate of drug-likeness (QED) is 0.532. The number of methoxy groups -OCH3 is 1. The third-order valence-corrected chi connectivity index (χ3v) is 4.62. The summed E-state index contributed by atoms with van der Waals surface area (Å²) in [7, 11) is 1.66. The summed E-state index contributed by atoms with van der Waals surface area (Å²) in [5, 5.41) is 14.0. The van der Waals surface area contributed by atoms with E-state index in [-0.39, 0.29) is 0 Å². The molecule has 0 unspecified atom stereocenters. The van der Waals surface area contributed by atoms with E-state index in [2.05, 4.69) is 15.3 Å². The Morgan fingerprint density at radius 3 is 2.52 bits per heavy atom. The Bertz CT molecular complexity index is 964. The molecule has 7 heteroatoms. The van der Waals surface area contributed by atoms with Crippen LogP contribution in [-0.4, -0.2) is 26.9 Å². The third-order valence-electron chi connectivity index (χ3n) is 3.72. The minimum absolute atomic E-state index is 0.330. The van der Waals surface area contributed by atoms with Gasteiger partial charge in [-0.15, -0.1) is 10.2 Å². The summed E-state index contributed by atoms with van der Waals surface area (Å²) in [4.78, 5) is 0.773. The highest BCUT2D eigenvalue weighted by Crippen LogP contribution is 2.20. The van der Waals surface area contributed by atoms with Crippen molar-refractivity contribution in [2.45, 2.75) is 13.0 Å². The molecule has 25 heavy (non-hydrogen) atoms. The second-order valence-corrected chi connectivity index (χ2v) is 6.47. The Labute approximate surface area is 148 Å². The fourth-order valence-corrected chi connectivity index (χ4v) is 3.33. The van der Waals surface area contributed by atoms with Crippen LogP contribution in [0.5, 0.6) is 11.5 Å². The van der Waals surface area contributed by atoms with Gasteiger partial charge in [0, 0.05) is 6.42 Å². The molecule has 0 bridgehead atoms. The van der Waals surface area contributed by atoms with Gasteiger partial charge in [-0.1, -0.05) is 41.7 Å². The molecule has 0 spiro atoms. The maximum absolute atomic E-state index is 5.74. The van der Waals surface area contributed by atoms with Crippen molar-refractivity contribution in [3.05, 3.63) is 71.0 Å². The zero-order chi connectivity index (χ0) is 17.1. The fraction of sp³-hybridized carbons (Fsp3) is 0.167. The van der Waals surface area contributed by atoms with Crippen molar-refractivity contribution in [3.8, 4) is 11.5 Å². The minimum Gasteiger partial charge on any atom is -0.497 e. The molecule has 6 nitrogen and oxygen atoms in total. The van der Waals surface area contributed by atoms with Crippen molar-refractivity contribution in [2.24, 2.45) is 0 Å². The van der Waals surface area contributed by atoms with E-state index in [4.69, 9.17) is 9.47 Å². The number of hydrogen-bond donors (Lipinski definition) is 0. The van der Waals surface area contributed by atoms with Crippen LogP contribution in [0.2, 0.25) is 0 Å². The summed E-state index contributed by atoms with van der Waals surface area (Å²) >= 11 is 1.54. The molecular weight excluding hydrogens is 336 g/mol. The zero-order valence-electron chi connectivity index (χ0n) is 13.6. The van der Waals surface area contributed by atoms with Gasteiger partial charge in [0.2, 0.25) is 4.96 Å². The lowest BCUT2D eigenvalue weighted by Crippen LogP contribution is -2.02. The Morgan fingerprint density at radius 1 is 0.960 bits per heavy atom. The largest absolute Gasteiger partial charge is 0.497 e. The number of para-hydroxylation sites is 1. The molecule has 0 aliphatic rings. The molecule has 0 atom stereocenters. The van der Waals surface area contributed by atoms with Gasteiger partial charge in [0.1, 0.15) is 23.1 Å². The smallest absolute Gasteiger partial charge is 0.234 e. The standard InChI is InChI=1S/C18H16N4O2S/c1-23-14-9-7-13(8-10-14)11-17-21-22-16(19-20-18(22)25-17)12-24-15-5-3-2-4-6-15/h2-10H,11-12H2,1H3. The molecule has 4 rings (SSSR count). The van der Waals surface area contributed by atoms with Gasteiger partial charge >= 0.3 is 0 Å². The molecule has 4 aromatic rings. The first-order chi connectivity index (χ1) is 12.3. The lowest BCUT2D eigenvalue weighted by molar-refractivity contribution is 0.292. The Morgan fingerprint density at radius 2 is 1.76 bits per heavy atom. The minimum atomic E-state index is 0.330. The molecule has 0 saturated carbocycles. The average molecular weight is 352 g/mol. The van der Waals surface area contributed by atoms with Crippen LogP contribution in [0.3, 0.4) is 0 Å². The van der Waals surface area contributed by atoms with Gasteiger partial charge in [0.25, 0.3) is 0 Å². The molecule has 0 aliphatic carbocycles. The third kappa shape index (κ3) is 3.46. The summed E-state index contributed by atoms with van der Waals surface area (Å²) in [6, 6.07) is 17.6. The monoisotopic (exact) mass is 352 g/mol. The SMILES string of the molecule is COc1ccc(Cc2nn3c(COc4ccccc4)nnc3s2)cc1. The first kappa shape index (κ1) is 15.6. The van der Waals surface area contributed by atoms with Gasteiger partial charge in [-0.3, -0.25) is 0 Å². The predicted molar refractivity (Wildman–Crippen MR) is 95.2 cm³/mol. The van der Waals surface area contributed by atoms with Gasteiger partial charge in [0.05, 0.1) is 7.11 Å². The molecule has 0 amide bonds. The van der Waals surface area contributed by atoms with Crippen molar-refractivity contribution in [2.75, 3.05) is 7.11 Å². The fourth-order valence-electron chi connectivity index (χ4n) is 2.44. The topological polar surface area (TPSA) is 61.5 Å². The summed E-state index contributed by atoms with van der Waals surface area (Å²) in [5.74, 6) is 2.34. The molecule has 0 aliphatic heterocycles. The van der Waals surface area contributed by atoms with E-state index in [9.17, 15) is 0 Å². The number of ether oxygens (including phenoxy) is 2. The van der Waals surface area contributed by atoms with Crippen molar-refractivity contribution >= 4 is 16.3 Å². The summed E-state index contributed by atoms with van der Waals surface area (Å²) in [5.41, 5.74) is 1.17. The maximum atomic E-state index is 5.74. The number of fused-ring (bicyclic) bond motifs is 1. The highest BCUT2D eigenvalue weighted by atomic mass is 32.1. The highest BCUT2D eigenvalue weighted by Gasteiger charge is 2.12. The molecule has 2 aromatic heterocycles. The molecule has 126 valence electrons. The van der Waals surface area contributed by atoms with Crippen LogP contribution < -0.4 is 9.47 Å². The van der Waals surface area contributed by atoms with Crippen LogP contribution in [-0.2, 0) is 13.0 Å². The zero-order valence-corrected chi connectivity index (χ0v) is 14.4. The van der Waals surface area contributed by atoms with E-state index >= 15 is 0 Å². The first-order valence-corrected chi connectivity index (χ1v) is 8.64.